The molecule has 0 bridgehead atoms. The average molecular weight is 442 g/mol. The van der Waals surface area contributed by atoms with E-state index in [4.69, 9.17) is 4.74 Å². The molecule has 0 spiro atoms. The van der Waals surface area contributed by atoms with E-state index in [1.807, 2.05) is 26.0 Å². The number of rotatable bonds is 5. The molecular formula is C24H31N3O3S. The number of carbonyl (C=O) groups excluding carboxylic acids is 1. The number of aryl methyl sites for hydroxylation is 2. The van der Waals surface area contributed by atoms with Crippen molar-refractivity contribution in [2.75, 3.05) is 19.5 Å². The second kappa shape index (κ2) is 8.37. The SMILES string of the molecule is CNS(=O)(=NC(=O)Nc1c2c(cc3c1CCC3)CCC2)c1ccc(C(C)(C)OC)cc1. The number of carbonyl (C=O) groups is 1. The standard InChI is InChI=1S/C24H31N3O3S/c1-24(2,30-4)18-11-13-19(14-12-18)31(29,25-3)27-23(28)26-22-20-9-5-7-16(20)15-17-8-6-10-21(17)22/h11-15H,5-10H2,1-4H3,(H2,25,26,27,28,29). The molecule has 1 unspecified atom stereocenters. The Balaban J connectivity index is 1.65. The second-order valence-electron chi connectivity index (χ2n) is 8.72. The largest absolute Gasteiger partial charge is 0.374 e. The van der Waals surface area contributed by atoms with Crippen molar-refractivity contribution in [1.29, 1.82) is 0 Å². The van der Waals surface area contributed by atoms with E-state index in [1.54, 1.807) is 26.3 Å². The van der Waals surface area contributed by atoms with Crippen molar-refractivity contribution in [3.8, 4) is 0 Å². The van der Waals surface area contributed by atoms with Crippen molar-refractivity contribution in [3.05, 3.63) is 58.1 Å². The van der Waals surface area contributed by atoms with E-state index in [1.165, 1.54) is 22.3 Å². The predicted octanol–water partition coefficient (Wildman–Crippen LogP) is 4.74. The molecule has 0 fully saturated rings. The van der Waals surface area contributed by atoms with E-state index in [-0.39, 0.29) is 0 Å². The number of nitrogens with one attached hydrogen (secondary N) is 2. The summed E-state index contributed by atoms with van der Waals surface area (Å²) in [4.78, 5) is 13.4. The van der Waals surface area contributed by atoms with E-state index >= 15 is 0 Å². The van der Waals surface area contributed by atoms with Crippen molar-refractivity contribution in [1.82, 2.24) is 4.72 Å². The zero-order chi connectivity index (χ0) is 22.2. The molecule has 0 saturated heterocycles. The van der Waals surface area contributed by atoms with Crippen LogP contribution < -0.4 is 10.0 Å². The molecule has 2 aromatic rings. The number of hydrogen-bond acceptors (Lipinski definition) is 3. The molecule has 2 aliphatic carbocycles. The van der Waals surface area contributed by atoms with Crippen molar-refractivity contribution in [2.24, 2.45) is 4.36 Å². The van der Waals surface area contributed by atoms with Crippen LogP contribution >= 0.6 is 0 Å². The van der Waals surface area contributed by atoms with Gasteiger partial charge in [0.1, 0.15) is 9.92 Å². The highest BCUT2D eigenvalue weighted by Gasteiger charge is 2.26. The summed E-state index contributed by atoms with van der Waals surface area (Å²) in [6.45, 7) is 3.93. The van der Waals surface area contributed by atoms with Crippen LogP contribution in [-0.4, -0.2) is 24.4 Å². The lowest BCUT2D eigenvalue weighted by atomic mass is 9.98. The highest BCUT2D eigenvalue weighted by Crippen LogP contribution is 2.38. The molecule has 2 amide bonds. The average Bonchev–Trinajstić information content (AvgIpc) is 3.43. The van der Waals surface area contributed by atoms with Gasteiger partial charge in [-0.15, -0.1) is 4.36 Å². The first kappa shape index (κ1) is 22.0. The van der Waals surface area contributed by atoms with Crippen LogP contribution in [0.2, 0.25) is 0 Å². The molecule has 4 rings (SSSR count). The minimum Gasteiger partial charge on any atom is -0.374 e. The first-order valence-electron chi connectivity index (χ1n) is 10.9. The Kier molecular flexibility index (Phi) is 5.94. The third kappa shape index (κ3) is 4.14. The summed E-state index contributed by atoms with van der Waals surface area (Å²) in [5.41, 5.74) is 6.53. The number of hydrogen-bond donors (Lipinski definition) is 2. The molecule has 0 saturated carbocycles. The quantitative estimate of drug-likeness (QED) is 0.703. The van der Waals surface area contributed by atoms with E-state index < -0.39 is 21.5 Å². The molecular weight excluding hydrogens is 410 g/mol. The molecule has 1 atom stereocenters. The number of methoxy groups -OCH3 is 1. The zero-order valence-corrected chi connectivity index (χ0v) is 19.5. The summed E-state index contributed by atoms with van der Waals surface area (Å²) in [7, 11) is 0.114. The fraction of sp³-hybridized carbons (Fsp3) is 0.458. The van der Waals surface area contributed by atoms with Gasteiger partial charge in [0.15, 0.2) is 0 Å². The van der Waals surface area contributed by atoms with Crippen molar-refractivity contribution in [2.45, 2.75) is 62.9 Å². The fourth-order valence-corrected chi connectivity index (χ4v) is 5.81. The summed E-state index contributed by atoms with van der Waals surface area (Å²) in [6.07, 6.45) is 6.26. The van der Waals surface area contributed by atoms with Gasteiger partial charge < -0.3 is 10.1 Å². The number of nitrogens with zero attached hydrogens (tertiary/aromatic N) is 1. The minimum absolute atomic E-state index is 0.457. The van der Waals surface area contributed by atoms with Gasteiger partial charge in [0.05, 0.1) is 10.5 Å². The Hall–Kier alpha value is -2.22. The molecule has 2 aromatic carbocycles. The Bertz CT molecular complexity index is 1100. The Morgan fingerprint density at radius 3 is 2.13 bits per heavy atom. The number of benzene rings is 2. The summed E-state index contributed by atoms with van der Waals surface area (Å²) in [6, 6.07) is 8.94. The molecule has 2 N–H and O–H groups in total. The van der Waals surface area contributed by atoms with Crippen LogP contribution in [0.5, 0.6) is 0 Å². The number of amides is 2. The Labute approximate surface area is 185 Å². The van der Waals surface area contributed by atoms with Crippen LogP contribution in [0.1, 0.15) is 54.5 Å². The highest BCUT2D eigenvalue weighted by atomic mass is 32.2. The first-order chi connectivity index (χ1) is 14.8. The molecule has 166 valence electrons. The van der Waals surface area contributed by atoms with Gasteiger partial charge in [0.2, 0.25) is 0 Å². The number of fused-ring (bicyclic) bond motifs is 2. The lowest BCUT2D eigenvalue weighted by molar-refractivity contribution is 0.0192. The van der Waals surface area contributed by atoms with E-state index in [2.05, 4.69) is 20.5 Å². The molecule has 0 radical (unpaired) electrons. The zero-order valence-electron chi connectivity index (χ0n) is 18.7. The van der Waals surface area contributed by atoms with Crippen LogP contribution in [0.15, 0.2) is 39.6 Å². The topological polar surface area (TPSA) is 79.8 Å². The van der Waals surface area contributed by atoms with Gasteiger partial charge in [-0.05, 0) is 99.4 Å². The fourth-order valence-electron chi connectivity index (χ4n) is 4.59. The van der Waals surface area contributed by atoms with Gasteiger partial charge in [0, 0.05) is 12.8 Å². The van der Waals surface area contributed by atoms with Crippen LogP contribution in [-0.2, 0) is 45.9 Å². The van der Waals surface area contributed by atoms with Gasteiger partial charge in [-0.1, -0.05) is 18.2 Å². The van der Waals surface area contributed by atoms with Crippen LogP contribution in [0.4, 0.5) is 10.5 Å². The maximum absolute atomic E-state index is 13.5. The second-order valence-corrected chi connectivity index (χ2v) is 10.8. The third-order valence-corrected chi connectivity index (χ3v) is 8.46. The first-order valence-corrected chi connectivity index (χ1v) is 12.4. The smallest absolute Gasteiger partial charge is 0.354 e. The number of anilines is 1. The number of ether oxygens (including phenoxy) is 1. The van der Waals surface area contributed by atoms with E-state index in [9.17, 15) is 9.00 Å². The van der Waals surface area contributed by atoms with Gasteiger partial charge >= 0.3 is 6.03 Å². The summed E-state index contributed by atoms with van der Waals surface area (Å²) >= 11 is 0. The van der Waals surface area contributed by atoms with Crippen molar-refractivity contribution < 1.29 is 13.7 Å². The molecule has 2 aliphatic rings. The Morgan fingerprint density at radius 1 is 1.03 bits per heavy atom. The summed E-state index contributed by atoms with van der Waals surface area (Å²) < 4.78 is 25.8. The monoisotopic (exact) mass is 441 g/mol. The van der Waals surface area contributed by atoms with Crippen LogP contribution in [0.25, 0.3) is 0 Å². The normalized spacial score (nSPS) is 17.0. The van der Waals surface area contributed by atoms with Crippen LogP contribution in [0.3, 0.4) is 0 Å². The molecule has 6 nitrogen and oxygen atoms in total. The molecule has 0 aromatic heterocycles. The van der Waals surface area contributed by atoms with Gasteiger partial charge in [-0.2, -0.15) is 0 Å². The third-order valence-electron chi connectivity index (χ3n) is 6.57. The molecule has 31 heavy (non-hydrogen) atoms. The van der Waals surface area contributed by atoms with Crippen LogP contribution in [0, 0.1) is 0 Å². The number of urea groups is 1. The van der Waals surface area contributed by atoms with Gasteiger partial charge in [-0.25, -0.2) is 13.7 Å². The predicted molar refractivity (Wildman–Crippen MR) is 124 cm³/mol. The van der Waals surface area contributed by atoms with Crippen molar-refractivity contribution in [3.63, 3.8) is 0 Å². The summed E-state index contributed by atoms with van der Waals surface area (Å²) in [5, 5.41) is 3.00. The highest BCUT2D eigenvalue weighted by molar-refractivity contribution is 7.92. The maximum atomic E-state index is 13.5. The van der Waals surface area contributed by atoms with E-state index in [0.717, 1.165) is 49.8 Å². The van der Waals surface area contributed by atoms with E-state index in [0.29, 0.717) is 4.90 Å². The van der Waals surface area contributed by atoms with Gasteiger partial charge in [-0.3, -0.25) is 0 Å². The minimum atomic E-state index is -3.10. The molecule has 0 heterocycles. The lowest BCUT2D eigenvalue weighted by Crippen LogP contribution is -2.23. The maximum Gasteiger partial charge on any atom is 0.354 e. The lowest BCUT2D eigenvalue weighted by Gasteiger charge is -2.23. The van der Waals surface area contributed by atoms with Gasteiger partial charge in [0.25, 0.3) is 0 Å². The molecule has 0 aliphatic heterocycles. The Morgan fingerprint density at radius 2 is 1.61 bits per heavy atom. The molecule has 7 heteroatoms. The van der Waals surface area contributed by atoms with Crippen molar-refractivity contribution >= 4 is 21.6 Å². The summed E-state index contributed by atoms with van der Waals surface area (Å²) in [5.74, 6) is 0.